The average Bonchev–Trinajstić information content (AvgIpc) is 3.56. The monoisotopic (exact) mass is 551 g/mol. The Hall–Kier alpha value is -2.97. The van der Waals surface area contributed by atoms with Gasteiger partial charge in [-0.25, -0.2) is 0 Å². The Balaban J connectivity index is 1.37. The van der Waals surface area contributed by atoms with Crippen molar-refractivity contribution in [1.29, 1.82) is 0 Å². The molecule has 2 heterocycles. The zero-order valence-corrected chi connectivity index (χ0v) is 23.0. The van der Waals surface area contributed by atoms with Crippen LogP contribution in [0.1, 0.15) is 83.7 Å². The van der Waals surface area contributed by atoms with E-state index in [2.05, 4.69) is 0 Å². The highest BCUT2D eigenvalue weighted by Gasteiger charge is 2.38. The molecule has 1 aliphatic heterocycles. The first-order valence-electron chi connectivity index (χ1n) is 14.0. The van der Waals surface area contributed by atoms with Crippen LogP contribution in [0, 0.1) is 11.8 Å². The number of likely N-dealkylation sites (tertiary alicyclic amines) is 1. The second-order valence-corrected chi connectivity index (χ2v) is 11.8. The Morgan fingerprint density at radius 2 is 1.87 bits per heavy atom. The Morgan fingerprint density at radius 1 is 1.08 bits per heavy atom. The van der Waals surface area contributed by atoms with Crippen LogP contribution in [0.2, 0.25) is 5.02 Å². The predicted molar refractivity (Wildman–Crippen MR) is 146 cm³/mol. The van der Waals surface area contributed by atoms with Gasteiger partial charge in [-0.3, -0.25) is 14.4 Å². The van der Waals surface area contributed by atoms with Gasteiger partial charge in [-0.1, -0.05) is 29.8 Å². The normalized spacial score (nSPS) is 24.8. The van der Waals surface area contributed by atoms with Crippen molar-refractivity contribution in [3.8, 4) is 0 Å². The molecule has 1 aromatic heterocycles. The van der Waals surface area contributed by atoms with Crippen molar-refractivity contribution < 1.29 is 24.2 Å². The van der Waals surface area contributed by atoms with Crippen LogP contribution in [0.25, 0.3) is 5.57 Å². The molecule has 0 bridgehead atoms. The lowest BCUT2D eigenvalue weighted by molar-refractivity contribution is -0.142. The molecule has 4 aliphatic rings. The van der Waals surface area contributed by atoms with Crippen LogP contribution in [-0.2, 0) is 27.2 Å². The third-order valence-corrected chi connectivity index (χ3v) is 9.26. The van der Waals surface area contributed by atoms with E-state index in [-0.39, 0.29) is 23.8 Å². The second-order valence-electron chi connectivity index (χ2n) is 11.4. The van der Waals surface area contributed by atoms with E-state index < -0.39 is 11.9 Å². The van der Waals surface area contributed by atoms with Crippen molar-refractivity contribution in [2.24, 2.45) is 11.8 Å². The fraction of sp³-hybridized carbons (Fsp3) is 0.533. The van der Waals surface area contributed by atoms with Gasteiger partial charge in [-0.2, -0.15) is 9.78 Å². The molecule has 0 spiro atoms. The van der Waals surface area contributed by atoms with Crippen LogP contribution in [0.15, 0.2) is 24.3 Å². The van der Waals surface area contributed by atoms with E-state index >= 15 is 0 Å². The summed E-state index contributed by atoms with van der Waals surface area (Å²) in [7, 11) is 1.68. The van der Waals surface area contributed by atoms with Gasteiger partial charge in [0.2, 0.25) is 5.91 Å². The van der Waals surface area contributed by atoms with Crippen LogP contribution in [0.5, 0.6) is 0 Å². The fourth-order valence-corrected chi connectivity index (χ4v) is 6.77. The summed E-state index contributed by atoms with van der Waals surface area (Å²) in [5, 5.41) is 14.8. The Morgan fingerprint density at radius 3 is 2.54 bits per heavy atom. The number of allylic oxidation sites excluding steroid dienone is 2. The van der Waals surface area contributed by atoms with Crippen LogP contribution in [0.4, 0.5) is 0 Å². The summed E-state index contributed by atoms with van der Waals surface area (Å²) < 4.78 is 6.97. The summed E-state index contributed by atoms with van der Waals surface area (Å²) in [6.45, 7) is 1.29. The summed E-state index contributed by atoms with van der Waals surface area (Å²) in [4.78, 5) is 41.0. The molecule has 2 unspecified atom stereocenters. The first kappa shape index (κ1) is 26.3. The van der Waals surface area contributed by atoms with Gasteiger partial charge in [0.05, 0.1) is 34.0 Å². The fourth-order valence-electron chi connectivity index (χ4n) is 6.51. The number of aromatic nitrogens is 2. The topological polar surface area (TPSA) is 102 Å². The van der Waals surface area contributed by atoms with Gasteiger partial charge >= 0.3 is 5.97 Å². The predicted octanol–water partition coefficient (Wildman–Crippen LogP) is 4.72. The smallest absolute Gasteiger partial charge is 0.306 e. The summed E-state index contributed by atoms with van der Waals surface area (Å²) in [5.74, 6) is -1.21. The number of hydrogen-bond acceptors (Lipinski definition) is 5. The van der Waals surface area contributed by atoms with Gasteiger partial charge in [-0.05, 0) is 74.5 Å². The summed E-state index contributed by atoms with van der Waals surface area (Å²) >= 11 is 6.62. The third kappa shape index (κ3) is 4.93. The Labute approximate surface area is 233 Å². The molecule has 3 aliphatic carbocycles. The lowest BCUT2D eigenvalue weighted by atomic mass is 9.82. The SMILES string of the molecule is CO[C@@H]1CCN(C(=O)C2CCc3c(C4=CCC(C(=O)O)CC4)nn(C(=O)c4c(Cl)cccc4C4CC4)c3C2)C1. The van der Waals surface area contributed by atoms with Crippen molar-refractivity contribution >= 4 is 35.0 Å². The molecule has 6 rings (SSSR count). The lowest BCUT2D eigenvalue weighted by Gasteiger charge is -2.27. The number of benzene rings is 1. The lowest BCUT2D eigenvalue weighted by Crippen LogP contribution is -2.38. The van der Waals surface area contributed by atoms with Crippen LogP contribution in [0.3, 0.4) is 0 Å². The van der Waals surface area contributed by atoms with E-state index in [1.54, 1.807) is 13.2 Å². The maximum atomic E-state index is 14.2. The van der Waals surface area contributed by atoms with E-state index in [4.69, 9.17) is 21.4 Å². The third-order valence-electron chi connectivity index (χ3n) is 8.95. The van der Waals surface area contributed by atoms with Crippen molar-refractivity contribution in [2.75, 3.05) is 20.2 Å². The van der Waals surface area contributed by atoms with Gasteiger partial charge in [0, 0.05) is 38.1 Å². The van der Waals surface area contributed by atoms with Crippen LogP contribution in [-0.4, -0.2) is 63.9 Å². The molecular formula is C30H34ClN3O5. The number of fused-ring (bicyclic) bond motifs is 1. The largest absolute Gasteiger partial charge is 0.481 e. The minimum absolute atomic E-state index is 0.0701. The highest BCUT2D eigenvalue weighted by atomic mass is 35.5. The van der Waals surface area contributed by atoms with E-state index in [1.165, 1.54) is 4.68 Å². The van der Waals surface area contributed by atoms with Crippen molar-refractivity contribution in [3.63, 3.8) is 0 Å². The standard InChI is InChI=1S/C30H34ClN3O5/c1-39-21-13-14-33(16-21)28(35)20-11-12-23-25(15-20)34(32-27(23)18-7-9-19(10-8-18)30(37)38)29(36)26-22(17-5-6-17)3-2-4-24(26)31/h2-4,7,17,19-21H,5-6,8-16H2,1H3,(H,37,38)/t19?,20?,21-/m1/s1. The number of methoxy groups -OCH3 is 1. The van der Waals surface area contributed by atoms with Gasteiger partial charge in [0.15, 0.2) is 0 Å². The van der Waals surface area contributed by atoms with Crippen LogP contribution >= 0.6 is 11.6 Å². The first-order chi connectivity index (χ1) is 18.9. The van der Waals surface area contributed by atoms with Crippen molar-refractivity contribution in [1.82, 2.24) is 14.7 Å². The molecule has 206 valence electrons. The number of hydrogen-bond donors (Lipinski definition) is 1. The van der Waals surface area contributed by atoms with Gasteiger partial charge in [-0.15, -0.1) is 0 Å². The van der Waals surface area contributed by atoms with Gasteiger partial charge < -0.3 is 14.7 Å². The molecule has 3 atom stereocenters. The molecule has 1 amide bonds. The highest BCUT2D eigenvalue weighted by Crippen LogP contribution is 2.44. The number of carboxylic acids is 1. The first-order valence-corrected chi connectivity index (χ1v) is 14.4. The number of rotatable bonds is 6. The van der Waals surface area contributed by atoms with Crippen LogP contribution < -0.4 is 0 Å². The Kier molecular flexibility index (Phi) is 7.10. The van der Waals surface area contributed by atoms with Gasteiger partial charge in [0.1, 0.15) is 0 Å². The number of nitrogens with zero attached hydrogens (tertiary/aromatic N) is 3. The Bertz CT molecular complexity index is 1360. The minimum Gasteiger partial charge on any atom is -0.481 e. The molecule has 1 aromatic carbocycles. The molecule has 1 saturated carbocycles. The van der Waals surface area contributed by atoms with Gasteiger partial charge in [0.25, 0.3) is 5.91 Å². The molecule has 8 nitrogen and oxygen atoms in total. The zero-order chi connectivity index (χ0) is 27.3. The summed E-state index contributed by atoms with van der Waals surface area (Å²) in [6.07, 6.45) is 8.33. The summed E-state index contributed by atoms with van der Waals surface area (Å²) in [6, 6.07) is 5.62. The molecular weight excluding hydrogens is 518 g/mol. The van der Waals surface area contributed by atoms with Crippen molar-refractivity contribution in [2.45, 2.75) is 69.8 Å². The summed E-state index contributed by atoms with van der Waals surface area (Å²) in [5.41, 5.74) is 5.01. The molecule has 2 fully saturated rings. The number of aliphatic carboxylic acids is 1. The quantitative estimate of drug-likeness (QED) is 0.557. The van der Waals surface area contributed by atoms with E-state index in [0.717, 1.165) is 47.4 Å². The average molecular weight is 552 g/mol. The number of halogens is 1. The number of carbonyl (C=O) groups excluding carboxylic acids is 2. The highest BCUT2D eigenvalue weighted by molar-refractivity contribution is 6.34. The number of amides is 1. The number of ether oxygens (including phenoxy) is 1. The molecule has 39 heavy (non-hydrogen) atoms. The van der Waals surface area contributed by atoms with E-state index in [9.17, 15) is 19.5 Å². The van der Waals surface area contributed by atoms with E-state index in [1.807, 2.05) is 23.1 Å². The van der Waals surface area contributed by atoms with Crippen molar-refractivity contribution in [3.05, 3.63) is 57.4 Å². The number of carbonyl (C=O) groups is 3. The molecule has 9 heteroatoms. The minimum atomic E-state index is -0.779. The number of carboxylic acid groups (broad SMARTS) is 1. The molecule has 0 radical (unpaired) electrons. The molecule has 1 saturated heterocycles. The van der Waals surface area contributed by atoms with E-state index in [0.29, 0.717) is 68.1 Å². The molecule has 2 aromatic rings. The maximum absolute atomic E-state index is 14.2. The maximum Gasteiger partial charge on any atom is 0.306 e. The molecule has 1 N–H and O–H groups in total. The second kappa shape index (κ2) is 10.5. The zero-order valence-electron chi connectivity index (χ0n) is 22.2.